The summed E-state index contributed by atoms with van der Waals surface area (Å²) >= 11 is 0. The van der Waals surface area contributed by atoms with Crippen molar-refractivity contribution in [2.75, 3.05) is 20.8 Å². The fraction of sp³-hybridized carbons (Fsp3) is 0.360. The number of amides is 6. The first-order chi connectivity index (χ1) is 16.9. The van der Waals surface area contributed by atoms with Crippen LogP contribution in [0.5, 0.6) is 11.5 Å². The van der Waals surface area contributed by atoms with E-state index in [1.54, 1.807) is 48.5 Å². The smallest absolute Gasteiger partial charge is 0.326 e. The summed E-state index contributed by atoms with van der Waals surface area (Å²) in [6.07, 6.45) is 3.78. The Kier molecular flexibility index (Phi) is 6.90. The average molecular weight is 481 g/mol. The molecule has 1 heterocycles. The van der Waals surface area contributed by atoms with Crippen LogP contribution in [0, 0.1) is 0 Å². The molecule has 4 rings (SSSR count). The molecular formula is C25H28N4O6. The van der Waals surface area contributed by atoms with Crippen molar-refractivity contribution in [3.05, 3.63) is 59.7 Å². The van der Waals surface area contributed by atoms with Gasteiger partial charge in [0.1, 0.15) is 18.0 Å². The Balaban J connectivity index is 1.58. The fourth-order valence-corrected chi connectivity index (χ4v) is 4.56. The number of hydrogen-bond acceptors (Lipinski definition) is 6. The molecule has 3 N–H and O–H groups in total. The third-order valence-electron chi connectivity index (χ3n) is 6.40. The summed E-state index contributed by atoms with van der Waals surface area (Å²) < 4.78 is 10.4. The van der Waals surface area contributed by atoms with Crippen LogP contribution in [0.3, 0.4) is 0 Å². The quantitative estimate of drug-likeness (QED) is 0.522. The van der Waals surface area contributed by atoms with Crippen molar-refractivity contribution in [2.45, 2.75) is 37.3 Å². The first-order valence-electron chi connectivity index (χ1n) is 11.4. The van der Waals surface area contributed by atoms with Gasteiger partial charge in [0.25, 0.3) is 5.91 Å². The Bertz CT molecular complexity index is 1060. The van der Waals surface area contributed by atoms with Gasteiger partial charge in [-0.25, -0.2) is 9.59 Å². The van der Waals surface area contributed by atoms with Gasteiger partial charge in [0, 0.05) is 6.04 Å². The standard InChI is InChI=1S/C25H28N4O6/c1-34-19-11-7-16(8-12-19)25(17-9-13-20(35-2)14-10-17)22(31)29(24(33)28-25)15-21(30)27-23(32)26-18-5-3-4-6-18/h7-14,18H,3-6,15H2,1-2H3,(H,28,33)(H2,26,27,30,32). The van der Waals surface area contributed by atoms with Crippen LogP contribution in [0.15, 0.2) is 48.5 Å². The highest BCUT2D eigenvalue weighted by atomic mass is 16.5. The van der Waals surface area contributed by atoms with Gasteiger partial charge in [-0.05, 0) is 48.2 Å². The minimum Gasteiger partial charge on any atom is -0.497 e. The van der Waals surface area contributed by atoms with E-state index < -0.39 is 36.0 Å². The maximum Gasteiger partial charge on any atom is 0.326 e. The zero-order chi connectivity index (χ0) is 25.0. The van der Waals surface area contributed by atoms with Gasteiger partial charge < -0.3 is 20.1 Å². The molecular weight excluding hydrogens is 452 g/mol. The van der Waals surface area contributed by atoms with E-state index in [0.29, 0.717) is 22.6 Å². The van der Waals surface area contributed by atoms with Gasteiger partial charge >= 0.3 is 12.1 Å². The predicted molar refractivity (Wildman–Crippen MR) is 126 cm³/mol. The highest BCUT2D eigenvalue weighted by molar-refractivity contribution is 6.12. The predicted octanol–water partition coefficient (Wildman–Crippen LogP) is 2.27. The summed E-state index contributed by atoms with van der Waals surface area (Å²) in [5.41, 5.74) is -0.588. The molecule has 0 unspecified atom stereocenters. The molecule has 0 atom stereocenters. The van der Waals surface area contributed by atoms with Gasteiger partial charge in [0.05, 0.1) is 14.2 Å². The molecule has 1 aliphatic heterocycles. The second kappa shape index (κ2) is 10.0. The van der Waals surface area contributed by atoms with E-state index in [2.05, 4.69) is 16.0 Å². The van der Waals surface area contributed by atoms with Gasteiger partial charge in [-0.2, -0.15) is 0 Å². The minimum atomic E-state index is -1.57. The summed E-state index contributed by atoms with van der Waals surface area (Å²) in [7, 11) is 3.06. The number of ether oxygens (including phenoxy) is 2. The number of carbonyl (C=O) groups is 4. The topological polar surface area (TPSA) is 126 Å². The zero-order valence-electron chi connectivity index (χ0n) is 19.6. The molecule has 0 spiro atoms. The lowest BCUT2D eigenvalue weighted by atomic mass is 9.82. The number of nitrogens with one attached hydrogen (secondary N) is 3. The molecule has 2 fully saturated rings. The molecule has 0 aromatic heterocycles. The number of nitrogens with zero attached hydrogens (tertiary/aromatic N) is 1. The van der Waals surface area contributed by atoms with E-state index in [4.69, 9.17) is 9.47 Å². The molecule has 2 aliphatic rings. The molecule has 0 bridgehead atoms. The van der Waals surface area contributed by atoms with Crippen LogP contribution in [0.25, 0.3) is 0 Å². The third-order valence-corrected chi connectivity index (χ3v) is 6.40. The van der Waals surface area contributed by atoms with E-state index in [1.807, 2.05) is 0 Å². The lowest BCUT2D eigenvalue weighted by Gasteiger charge is -2.28. The molecule has 2 aromatic carbocycles. The molecule has 10 nitrogen and oxygen atoms in total. The molecule has 10 heteroatoms. The third kappa shape index (κ3) is 4.77. The monoisotopic (exact) mass is 480 g/mol. The van der Waals surface area contributed by atoms with Crippen LogP contribution in [0.4, 0.5) is 9.59 Å². The number of urea groups is 2. The molecule has 6 amide bonds. The lowest BCUT2D eigenvalue weighted by Crippen LogP contribution is -2.49. The van der Waals surface area contributed by atoms with Crippen molar-refractivity contribution in [3.8, 4) is 11.5 Å². The van der Waals surface area contributed by atoms with Crippen LogP contribution in [-0.4, -0.2) is 55.6 Å². The van der Waals surface area contributed by atoms with E-state index >= 15 is 0 Å². The molecule has 35 heavy (non-hydrogen) atoms. The van der Waals surface area contributed by atoms with Crippen LogP contribution >= 0.6 is 0 Å². The summed E-state index contributed by atoms with van der Waals surface area (Å²) in [6, 6.07) is 12.1. The Morgan fingerprint density at radius 1 is 0.943 bits per heavy atom. The van der Waals surface area contributed by atoms with Crippen molar-refractivity contribution >= 4 is 23.9 Å². The summed E-state index contributed by atoms with van der Waals surface area (Å²) in [4.78, 5) is 52.2. The molecule has 0 radical (unpaired) electrons. The van der Waals surface area contributed by atoms with Gasteiger partial charge in [0.15, 0.2) is 5.54 Å². The van der Waals surface area contributed by atoms with E-state index in [0.717, 1.165) is 30.6 Å². The maximum atomic E-state index is 13.7. The SMILES string of the molecule is COc1ccc(C2(c3ccc(OC)cc3)NC(=O)N(CC(=O)NC(=O)NC3CCCC3)C2=O)cc1. The van der Waals surface area contributed by atoms with Crippen molar-refractivity contribution in [3.63, 3.8) is 0 Å². The van der Waals surface area contributed by atoms with Crippen LogP contribution in [0.1, 0.15) is 36.8 Å². The van der Waals surface area contributed by atoms with E-state index in [-0.39, 0.29) is 6.04 Å². The number of imide groups is 2. The number of carbonyl (C=O) groups excluding carboxylic acids is 4. The summed E-state index contributed by atoms with van der Waals surface area (Å²) in [6.45, 7) is -0.600. The van der Waals surface area contributed by atoms with Gasteiger partial charge in [-0.3, -0.25) is 19.8 Å². The maximum absolute atomic E-state index is 13.7. The Morgan fingerprint density at radius 3 is 1.94 bits per heavy atom. The average Bonchev–Trinajstić information content (AvgIpc) is 3.46. The molecule has 1 saturated carbocycles. The van der Waals surface area contributed by atoms with Gasteiger partial charge in [-0.1, -0.05) is 37.1 Å². The first-order valence-corrected chi connectivity index (χ1v) is 11.4. The highest BCUT2D eigenvalue weighted by Crippen LogP contribution is 2.37. The highest BCUT2D eigenvalue weighted by Gasteiger charge is 2.54. The van der Waals surface area contributed by atoms with Crippen LogP contribution < -0.4 is 25.4 Å². The molecule has 2 aromatic rings. The van der Waals surface area contributed by atoms with E-state index in [1.165, 1.54) is 14.2 Å². The number of benzene rings is 2. The van der Waals surface area contributed by atoms with Crippen molar-refractivity contribution in [1.29, 1.82) is 0 Å². The second-order valence-electron chi connectivity index (χ2n) is 8.53. The number of methoxy groups -OCH3 is 2. The number of hydrogen-bond donors (Lipinski definition) is 3. The molecule has 1 aliphatic carbocycles. The Morgan fingerprint density at radius 2 is 1.46 bits per heavy atom. The van der Waals surface area contributed by atoms with Crippen molar-refractivity contribution in [2.24, 2.45) is 0 Å². The minimum absolute atomic E-state index is 0.0253. The van der Waals surface area contributed by atoms with Crippen LogP contribution in [-0.2, 0) is 15.1 Å². The molecule has 184 valence electrons. The Labute approximate surface area is 203 Å². The van der Waals surface area contributed by atoms with Crippen LogP contribution in [0.2, 0.25) is 0 Å². The normalized spacial score (nSPS) is 17.1. The zero-order valence-corrected chi connectivity index (χ0v) is 19.6. The van der Waals surface area contributed by atoms with E-state index in [9.17, 15) is 19.2 Å². The van der Waals surface area contributed by atoms with Gasteiger partial charge in [-0.15, -0.1) is 0 Å². The summed E-state index contributed by atoms with van der Waals surface area (Å²) in [5.74, 6) is -0.228. The number of rotatable bonds is 7. The van der Waals surface area contributed by atoms with Crippen molar-refractivity contribution in [1.82, 2.24) is 20.9 Å². The lowest BCUT2D eigenvalue weighted by molar-refractivity contribution is -0.134. The molecule has 1 saturated heterocycles. The fourth-order valence-electron chi connectivity index (χ4n) is 4.56. The largest absolute Gasteiger partial charge is 0.497 e. The summed E-state index contributed by atoms with van der Waals surface area (Å²) in [5, 5.41) is 7.73. The van der Waals surface area contributed by atoms with Crippen molar-refractivity contribution < 1.29 is 28.7 Å². The van der Waals surface area contributed by atoms with Gasteiger partial charge in [0.2, 0.25) is 5.91 Å². The Hall–Kier alpha value is -4.08. The second-order valence-corrected chi connectivity index (χ2v) is 8.53. The first kappa shape index (κ1) is 24.1.